The maximum atomic E-state index is 13.3. The van der Waals surface area contributed by atoms with E-state index in [-0.39, 0.29) is 18.0 Å². The monoisotopic (exact) mass is 469 g/mol. The van der Waals surface area contributed by atoms with E-state index in [1.807, 2.05) is 0 Å². The van der Waals surface area contributed by atoms with Crippen LogP contribution in [0.15, 0.2) is 60.0 Å². The summed E-state index contributed by atoms with van der Waals surface area (Å²) in [6.07, 6.45) is -4.98. The summed E-state index contributed by atoms with van der Waals surface area (Å²) in [7, 11) is 0. The van der Waals surface area contributed by atoms with Gasteiger partial charge in [0.05, 0.1) is 17.4 Å². The first-order chi connectivity index (χ1) is 14.6. The van der Waals surface area contributed by atoms with Crippen LogP contribution in [0.1, 0.15) is 22.9 Å². The Morgan fingerprint density at radius 3 is 2.39 bits per heavy atom. The molecule has 6 nitrogen and oxygen atoms in total. The summed E-state index contributed by atoms with van der Waals surface area (Å²) in [4.78, 5) is 23.1. The van der Waals surface area contributed by atoms with E-state index in [1.54, 1.807) is 41.8 Å². The number of alkyl halides is 3. The lowest BCUT2D eigenvalue weighted by molar-refractivity contribution is -0.388. The summed E-state index contributed by atoms with van der Waals surface area (Å²) in [6.45, 7) is 0. The van der Waals surface area contributed by atoms with Crippen LogP contribution in [-0.4, -0.2) is 10.8 Å². The highest BCUT2D eigenvalue weighted by Crippen LogP contribution is 2.38. The van der Waals surface area contributed by atoms with Crippen molar-refractivity contribution >= 4 is 45.9 Å². The first-order valence-electron chi connectivity index (χ1n) is 8.84. The first-order valence-corrected chi connectivity index (χ1v) is 10.1. The molecular weight excluding hydrogens is 455 g/mol. The number of nitro benzene ring substituents is 1. The van der Waals surface area contributed by atoms with E-state index in [9.17, 15) is 28.1 Å². The predicted molar refractivity (Wildman–Crippen MR) is 113 cm³/mol. The van der Waals surface area contributed by atoms with Gasteiger partial charge in [-0.25, -0.2) is 0 Å². The number of hydrogen-bond donors (Lipinski definition) is 2. The molecule has 0 saturated heterocycles. The minimum Gasteiger partial charge on any atom is -0.377 e. The van der Waals surface area contributed by atoms with E-state index in [4.69, 9.17) is 11.6 Å². The number of carbonyl (C=O) groups excluding carboxylic acids is 1. The summed E-state index contributed by atoms with van der Waals surface area (Å²) in [5, 5.41) is 18.8. The maximum Gasteiger partial charge on any atom is 0.423 e. The highest BCUT2D eigenvalue weighted by Gasteiger charge is 2.38. The van der Waals surface area contributed by atoms with Crippen LogP contribution in [0.3, 0.4) is 0 Å². The molecule has 1 atom stereocenters. The Balaban J connectivity index is 1.83. The van der Waals surface area contributed by atoms with Crippen molar-refractivity contribution in [1.29, 1.82) is 0 Å². The van der Waals surface area contributed by atoms with Gasteiger partial charge >= 0.3 is 6.18 Å². The number of carbonyl (C=O) groups is 1. The average Bonchev–Trinajstić information content (AvgIpc) is 3.23. The van der Waals surface area contributed by atoms with Gasteiger partial charge in [-0.3, -0.25) is 14.9 Å². The molecule has 3 aromatic rings. The number of nitro groups is 1. The van der Waals surface area contributed by atoms with Crippen LogP contribution in [0, 0.1) is 10.1 Å². The zero-order chi connectivity index (χ0) is 22.6. The van der Waals surface area contributed by atoms with Gasteiger partial charge in [-0.15, -0.1) is 11.3 Å². The van der Waals surface area contributed by atoms with E-state index in [2.05, 4.69) is 10.6 Å². The SMILES string of the molecule is O=C(CC(Nc1ccc([N+](=O)[O-])c(C(F)(F)F)c1)c1cccs1)Nc1ccc(Cl)cc1. The number of anilines is 2. The van der Waals surface area contributed by atoms with Crippen LogP contribution in [-0.2, 0) is 11.0 Å². The molecule has 2 N–H and O–H groups in total. The normalized spacial score (nSPS) is 12.3. The van der Waals surface area contributed by atoms with Crippen molar-refractivity contribution in [3.63, 3.8) is 0 Å². The molecule has 1 heterocycles. The molecule has 0 radical (unpaired) electrons. The standard InChI is InChI=1S/C20H15ClF3N3O3S/c21-12-3-5-13(6-4-12)26-19(28)11-16(18-2-1-9-31-18)25-14-7-8-17(27(29)30)15(10-14)20(22,23)24/h1-10,16,25H,11H2,(H,26,28). The van der Waals surface area contributed by atoms with E-state index in [0.29, 0.717) is 16.8 Å². The Morgan fingerprint density at radius 2 is 1.81 bits per heavy atom. The van der Waals surface area contributed by atoms with Crippen molar-refractivity contribution < 1.29 is 22.9 Å². The van der Waals surface area contributed by atoms with Crippen LogP contribution in [0.5, 0.6) is 0 Å². The van der Waals surface area contributed by atoms with Gasteiger partial charge in [-0.1, -0.05) is 17.7 Å². The average molecular weight is 470 g/mol. The van der Waals surface area contributed by atoms with E-state index < -0.39 is 28.4 Å². The molecule has 0 aliphatic carbocycles. The van der Waals surface area contributed by atoms with Gasteiger partial charge in [0.15, 0.2) is 0 Å². The second kappa shape index (κ2) is 9.36. The van der Waals surface area contributed by atoms with Crippen molar-refractivity contribution in [1.82, 2.24) is 0 Å². The molecule has 11 heteroatoms. The third-order valence-electron chi connectivity index (χ3n) is 4.24. The second-order valence-electron chi connectivity index (χ2n) is 6.46. The minimum atomic E-state index is -4.90. The van der Waals surface area contributed by atoms with Gasteiger partial charge in [0.1, 0.15) is 5.56 Å². The predicted octanol–water partition coefficient (Wildman–Crippen LogP) is 6.51. The molecule has 0 saturated carbocycles. The molecule has 1 amide bonds. The van der Waals surface area contributed by atoms with Gasteiger partial charge in [0.2, 0.25) is 5.91 Å². The largest absolute Gasteiger partial charge is 0.423 e. The zero-order valence-corrected chi connectivity index (χ0v) is 17.2. The lowest BCUT2D eigenvalue weighted by Crippen LogP contribution is -2.20. The fourth-order valence-electron chi connectivity index (χ4n) is 2.86. The van der Waals surface area contributed by atoms with E-state index in [0.717, 1.165) is 10.9 Å². The molecule has 0 spiro atoms. The fourth-order valence-corrected chi connectivity index (χ4v) is 3.76. The zero-order valence-electron chi connectivity index (χ0n) is 15.7. The third-order valence-corrected chi connectivity index (χ3v) is 5.48. The topological polar surface area (TPSA) is 84.3 Å². The molecule has 0 bridgehead atoms. The number of nitrogens with zero attached hydrogens (tertiary/aromatic N) is 1. The Bertz CT molecular complexity index is 1070. The van der Waals surface area contributed by atoms with Crippen LogP contribution in [0.25, 0.3) is 0 Å². The molecule has 1 aromatic heterocycles. The molecule has 31 heavy (non-hydrogen) atoms. The van der Waals surface area contributed by atoms with E-state index >= 15 is 0 Å². The van der Waals surface area contributed by atoms with Gasteiger partial charge in [0, 0.05) is 27.3 Å². The summed E-state index contributed by atoms with van der Waals surface area (Å²) in [5.74, 6) is -0.369. The van der Waals surface area contributed by atoms with Crippen molar-refractivity contribution in [2.45, 2.75) is 18.6 Å². The van der Waals surface area contributed by atoms with Crippen molar-refractivity contribution in [3.8, 4) is 0 Å². The van der Waals surface area contributed by atoms with Crippen molar-refractivity contribution in [2.24, 2.45) is 0 Å². The Labute approximate surface area is 183 Å². The quantitative estimate of drug-likeness (QED) is 0.305. The minimum absolute atomic E-state index is 0.00983. The number of amides is 1. The molecule has 3 rings (SSSR count). The van der Waals surface area contributed by atoms with Crippen molar-refractivity contribution in [3.05, 3.63) is 85.6 Å². The van der Waals surface area contributed by atoms with Crippen LogP contribution in [0.4, 0.5) is 30.2 Å². The fraction of sp³-hybridized carbons (Fsp3) is 0.150. The summed E-state index contributed by atoms with van der Waals surface area (Å²) in [5.41, 5.74) is -1.87. The van der Waals surface area contributed by atoms with Gasteiger partial charge in [-0.2, -0.15) is 13.2 Å². The second-order valence-corrected chi connectivity index (χ2v) is 7.87. The molecule has 2 aromatic carbocycles. The first kappa shape index (κ1) is 22.6. The number of rotatable bonds is 7. The lowest BCUT2D eigenvalue weighted by Gasteiger charge is -2.19. The van der Waals surface area contributed by atoms with Crippen LogP contribution < -0.4 is 10.6 Å². The molecule has 0 aliphatic heterocycles. The summed E-state index contributed by atoms with van der Waals surface area (Å²) < 4.78 is 39.8. The summed E-state index contributed by atoms with van der Waals surface area (Å²) in [6, 6.07) is 12.0. The van der Waals surface area contributed by atoms with Gasteiger partial charge in [0.25, 0.3) is 5.69 Å². The molecule has 0 fully saturated rings. The number of nitrogens with one attached hydrogen (secondary N) is 2. The number of thiophene rings is 1. The third kappa shape index (κ3) is 5.96. The highest BCUT2D eigenvalue weighted by molar-refractivity contribution is 7.10. The number of hydrogen-bond acceptors (Lipinski definition) is 5. The molecular formula is C20H15ClF3N3O3S. The summed E-state index contributed by atoms with van der Waals surface area (Å²) >= 11 is 7.15. The Kier molecular flexibility index (Phi) is 6.81. The maximum absolute atomic E-state index is 13.3. The van der Waals surface area contributed by atoms with E-state index in [1.165, 1.54) is 17.4 Å². The lowest BCUT2D eigenvalue weighted by atomic mass is 10.1. The molecule has 1 unspecified atom stereocenters. The van der Waals surface area contributed by atoms with Gasteiger partial charge in [-0.05, 0) is 47.8 Å². The Morgan fingerprint density at radius 1 is 1.13 bits per heavy atom. The number of halogens is 4. The van der Waals surface area contributed by atoms with Crippen LogP contribution >= 0.6 is 22.9 Å². The van der Waals surface area contributed by atoms with Crippen molar-refractivity contribution in [2.75, 3.05) is 10.6 Å². The smallest absolute Gasteiger partial charge is 0.377 e. The highest BCUT2D eigenvalue weighted by atomic mass is 35.5. The Hall–Kier alpha value is -3.11. The molecule has 162 valence electrons. The van der Waals surface area contributed by atoms with Gasteiger partial charge < -0.3 is 10.6 Å². The molecule has 0 aliphatic rings. The number of benzene rings is 2. The van der Waals surface area contributed by atoms with Crippen LogP contribution in [0.2, 0.25) is 5.02 Å².